The van der Waals surface area contributed by atoms with Gasteiger partial charge in [0.1, 0.15) is 0 Å². The Hall–Kier alpha value is -0.500. The predicted octanol–water partition coefficient (Wildman–Crippen LogP) is 0.875. The molecule has 0 aromatic heterocycles. The molecule has 1 radical (unpaired) electrons. The molecule has 0 bridgehead atoms. The van der Waals surface area contributed by atoms with Gasteiger partial charge in [-0.1, -0.05) is 13.0 Å². The fourth-order valence-corrected chi connectivity index (χ4v) is 1.10. The first-order valence-electron chi connectivity index (χ1n) is 4.25. The van der Waals surface area contributed by atoms with E-state index < -0.39 is 0 Å². The van der Waals surface area contributed by atoms with Gasteiger partial charge in [-0.3, -0.25) is 0 Å². The first kappa shape index (κ1) is 8.60. The summed E-state index contributed by atoms with van der Waals surface area (Å²) in [6.45, 7) is 10.5. The van der Waals surface area contributed by atoms with E-state index in [-0.39, 0.29) is 0 Å². The smallest absolute Gasteiger partial charge is 0.0298 e. The van der Waals surface area contributed by atoms with Crippen LogP contribution in [0.25, 0.3) is 0 Å². The average Bonchev–Trinajstić information content (AvgIpc) is 2.03. The number of hydrogen-bond acceptors (Lipinski definition) is 2. The summed E-state index contributed by atoms with van der Waals surface area (Å²) in [4.78, 5) is 2.33. The van der Waals surface area contributed by atoms with Gasteiger partial charge in [0.25, 0.3) is 0 Å². The van der Waals surface area contributed by atoms with E-state index in [4.69, 9.17) is 0 Å². The van der Waals surface area contributed by atoms with E-state index in [0.717, 1.165) is 26.2 Å². The summed E-state index contributed by atoms with van der Waals surface area (Å²) in [6.07, 6.45) is 4.31. The minimum atomic E-state index is 0.421. The lowest BCUT2D eigenvalue weighted by molar-refractivity contribution is 0.323. The van der Waals surface area contributed by atoms with Crippen LogP contribution in [0.4, 0.5) is 0 Å². The minimum Gasteiger partial charge on any atom is -0.375 e. The summed E-state index contributed by atoms with van der Waals surface area (Å²) in [5.74, 6) is 0.421. The molecule has 11 heavy (non-hydrogen) atoms. The molecule has 1 saturated heterocycles. The van der Waals surface area contributed by atoms with E-state index in [9.17, 15) is 0 Å². The summed E-state index contributed by atoms with van der Waals surface area (Å²) in [5.41, 5.74) is 0. The molecule has 0 amide bonds. The lowest BCUT2D eigenvalue weighted by Gasteiger charge is -2.25. The Morgan fingerprint density at radius 1 is 1.45 bits per heavy atom. The molecule has 63 valence electrons. The molecule has 0 aromatic carbocycles. The number of nitrogens with zero attached hydrogens (tertiary/aromatic N) is 1. The lowest BCUT2D eigenvalue weighted by Crippen LogP contribution is -2.40. The molecule has 1 fully saturated rings. The summed E-state index contributed by atoms with van der Waals surface area (Å²) >= 11 is 0. The predicted molar refractivity (Wildman–Crippen MR) is 48.1 cm³/mol. The van der Waals surface area contributed by atoms with Crippen molar-refractivity contribution in [2.45, 2.75) is 6.92 Å². The van der Waals surface area contributed by atoms with Gasteiger partial charge in [-0.25, -0.2) is 0 Å². The highest BCUT2D eigenvalue weighted by Gasteiger charge is 2.03. The second-order valence-corrected chi connectivity index (χ2v) is 3.10. The summed E-state index contributed by atoms with van der Waals surface area (Å²) < 4.78 is 0. The van der Waals surface area contributed by atoms with Crippen molar-refractivity contribution in [1.82, 2.24) is 10.2 Å². The highest BCUT2D eigenvalue weighted by atomic mass is 15.2. The zero-order chi connectivity index (χ0) is 8.10. The van der Waals surface area contributed by atoms with Gasteiger partial charge in [0.05, 0.1) is 0 Å². The standard InChI is InChI=1S/C9H17N2/c1-9(2)3-6-11-7-4-10-5-8-11/h3,6,9-10H,1,4-5,7-8H2,2H3. The van der Waals surface area contributed by atoms with Gasteiger partial charge in [-0.05, 0) is 19.0 Å². The largest absolute Gasteiger partial charge is 0.375 e. The SMILES string of the molecule is [CH2]C(C)C=CN1CCNCC1. The first-order chi connectivity index (χ1) is 5.29. The average molecular weight is 153 g/mol. The third-order valence-corrected chi connectivity index (χ3v) is 1.78. The van der Waals surface area contributed by atoms with Crippen molar-refractivity contribution in [3.63, 3.8) is 0 Å². The zero-order valence-corrected chi connectivity index (χ0v) is 7.21. The fraction of sp³-hybridized carbons (Fsp3) is 0.667. The van der Waals surface area contributed by atoms with E-state index in [1.807, 2.05) is 0 Å². The molecule has 2 nitrogen and oxygen atoms in total. The van der Waals surface area contributed by atoms with Gasteiger partial charge < -0.3 is 10.2 Å². The fourth-order valence-electron chi connectivity index (χ4n) is 1.10. The molecule has 1 aliphatic rings. The van der Waals surface area contributed by atoms with Crippen LogP contribution in [0.15, 0.2) is 12.3 Å². The van der Waals surface area contributed by atoms with Gasteiger partial charge >= 0.3 is 0 Å². The van der Waals surface area contributed by atoms with E-state index in [1.54, 1.807) is 0 Å². The molecule has 1 unspecified atom stereocenters. The van der Waals surface area contributed by atoms with Crippen LogP contribution in [0.5, 0.6) is 0 Å². The van der Waals surface area contributed by atoms with Gasteiger partial charge in [-0.15, -0.1) is 0 Å². The topological polar surface area (TPSA) is 15.3 Å². The van der Waals surface area contributed by atoms with Crippen LogP contribution in [0.1, 0.15) is 6.92 Å². The number of allylic oxidation sites excluding steroid dienone is 1. The van der Waals surface area contributed by atoms with Crippen LogP contribution in [-0.2, 0) is 0 Å². The van der Waals surface area contributed by atoms with E-state index >= 15 is 0 Å². The zero-order valence-electron chi connectivity index (χ0n) is 7.21. The van der Waals surface area contributed by atoms with Crippen molar-refractivity contribution in [2.24, 2.45) is 5.92 Å². The highest BCUT2D eigenvalue weighted by Crippen LogP contribution is 1.97. The third-order valence-electron chi connectivity index (χ3n) is 1.78. The van der Waals surface area contributed by atoms with E-state index in [0.29, 0.717) is 5.92 Å². The Balaban J connectivity index is 2.23. The Kier molecular flexibility index (Phi) is 3.43. The molecule has 0 aliphatic carbocycles. The van der Waals surface area contributed by atoms with Gasteiger partial charge in [0.2, 0.25) is 0 Å². The second-order valence-electron chi connectivity index (χ2n) is 3.10. The first-order valence-corrected chi connectivity index (χ1v) is 4.25. The van der Waals surface area contributed by atoms with Crippen LogP contribution < -0.4 is 5.32 Å². The van der Waals surface area contributed by atoms with E-state index in [2.05, 4.69) is 36.3 Å². The summed E-state index contributed by atoms with van der Waals surface area (Å²) in [5, 5.41) is 3.31. The van der Waals surface area contributed by atoms with Crippen molar-refractivity contribution in [2.75, 3.05) is 26.2 Å². The molecule has 1 N–H and O–H groups in total. The van der Waals surface area contributed by atoms with Crippen molar-refractivity contribution in [3.05, 3.63) is 19.2 Å². The molecule has 0 spiro atoms. The lowest BCUT2D eigenvalue weighted by atomic mass is 10.2. The Morgan fingerprint density at radius 3 is 2.64 bits per heavy atom. The maximum Gasteiger partial charge on any atom is 0.0298 e. The van der Waals surface area contributed by atoms with Gasteiger partial charge in [0.15, 0.2) is 0 Å². The number of rotatable bonds is 2. The molecule has 0 saturated carbocycles. The molecule has 1 aliphatic heterocycles. The number of nitrogens with one attached hydrogen (secondary N) is 1. The molecule has 2 heteroatoms. The molecule has 0 aromatic rings. The highest BCUT2D eigenvalue weighted by molar-refractivity contribution is 4.89. The second kappa shape index (κ2) is 4.39. The third kappa shape index (κ3) is 3.42. The van der Waals surface area contributed by atoms with Gasteiger partial charge in [0, 0.05) is 26.2 Å². The Morgan fingerprint density at radius 2 is 2.09 bits per heavy atom. The maximum absolute atomic E-state index is 3.89. The molecule has 1 atom stereocenters. The molecular formula is C9H17N2. The Bertz CT molecular complexity index is 124. The van der Waals surface area contributed by atoms with Crippen LogP contribution in [0.2, 0.25) is 0 Å². The number of piperazine rings is 1. The van der Waals surface area contributed by atoms with Crippen molar-refractivity contribution in [3.8, 4) is 0 Å². The number of hydrogen-bond donors (Lipinski definition) is 1. The Labute approximate surface area is 69.3 Å². The van der Waals surface area contributed by atoms with Crippen LogP contribution >= 0.6 is 0 Å². The molecule has 1 rings (SSSR count). The summed E-state index contributed by atoms with van der Waals surface area (Å²) in [6, 6.07) is 0. The minimum absolute atomic E-state index is 0.421. The van der Waals surface area contributed by atoms with E-state index in [1.165, 1.54) is 0 Å². The summed E-state index contributed by atoms with van der Waals surface area (Å²) in [7, 11) is 0. The van der Waals surface area contributed by atoms with Gasteiger partial charge in [-0.2, -0.15) is 0 Å². The van der Waals surface area contributed by atoms with Crippen LogP contribution in [0, 0.1) is 12.8 Å². The monoisotopic (exact) mass is 153 g/mol. The van der Waals surface area contributed by atoms with Crippen molar-refractivity contribution >= 4 is 0 Å². The molecular weight excluding hydrogens is 136 g/mol. The van der Waals surface area contributed by atoms with Crippen molar-refractivity contribution < 1.29 is 0 Å². The van der Waals surface area contributed by atoms with Crippen LogP contribution in [-0.4, -0.2) is 31.1 Å². The molecule has 1 heterocycles. The maximum atomic E-state index is 3.89. The van der Waals surface area contributed by atoms with Crippen LogP contribution in [0.3, 0.4) is 0 Å². The normalized spacial score (nSPS) is 20.1. The van der Waals surface area contributed by atoms with Crippen molar-refractivity contribution in [1.29, 1.82) is 0 Å². The quantitative estimate of drug-likeness (QED) is 0.633.